The lowest BCUT2D eigenvalue weighted by molar-refractivity contribution is -0.142. The van der Waals surface area contributed by atoms with E-state index in [0.717, 1.165) is 0 Å². The lowest BCUT2D eigenvalue weighted by Gasteiger charge is -2.27. The largest absolute Gasteiger partial charge is 0.524 e. The summed E-state index contributed by atoms with van der Waals surface area (Å²) in [7, 11) is -4.85. The second-order valence-electron chi connectivity index (χ2n) is 12.7. The molecule has 0 fully saturated rings. The van der Waals surface area contributed by atoms with Crippen LogP contribution in [0.15, 0.2) is 48.5 Å². The number of carboxylic acids is 2. The van der Waals surface area contributed by atoms with Crippen molar-refractivity contribution in [2.24, 2.45) is 17.4 Å². The summed E-state index contributed by atoms with van der Waals surface area (Å²) in [5.41, 5.74) is 11.6. The first-order valence-electron chi connectivity index (χ1n) is 16.6. The lowest BCUT2D eigenvalue weighted by atomic mass is 10.00. The number of benzene rings is 2. The predicted octanol–water partition coefficient (Wildman–Crippen LogP) is -2.88. The Labute approximate surface area is 319 Å². The van der Waals surface area contributed by atoms with Gasteiger partial charge in [0, 0.05) is 12.8 Å². The summed E-state index contributed by atoms with van der Waals surface area (Å²) in [5.74, 6) is -9.88. The summed E-state index contributed by atoms with van der Waals surface area (Å²) in [4.78, 5) is 118. The Bertz CT molecular complexity index is 1800. The van der Waals surface area contributed by atoms with Crippen molar-refractivity contribution in [3.8, 4) is 11.5 Å². The van der Waals surface area contributed by atoms with E-state index in [9.17, 15) is 53.1 Å². The number of aromatic hydroxyl groups is 1. The SMILES string of the molecule is CC(C)[C@H](NC(=O)[C@H](CC(N)=O)NC(=O)[C@H](Cc1ccc(O)cc1)NC(=O)CNC(=O)[C@@H](N)CC(=O)O)C(=O)N[C@@H](Cc1ccc(OP(=O)(O)O)cc1)C(=O)O. The molecule has 6 amide bonds. The van der Waals surface area contributed by atoms with Gasteiger partial charge >= 0.3 is 19.8 Å². The zero-order valence-corrected chi connectivity index (χ0v) is 30.9. The van der Waals surface area contributed by atoms with Crippen molar-refractivity contribution in [3.63, 3.8) is 0 Å². The molecule has 2 aromatic carbocycles. The smallest absolute Gasteiger partial charge is 0.508 e. The van der Waals surface area contributed by atoms with Crippen LogP contribution in [0, 0.1) is 5.92 Å². The molecule has 56 heavy (non-hydrogen) atoms. The Kier molecular flexibility index (Phi) is 17.4. The molecule has 2 aromatic rings. The highest BCUT2D eigenvalue weighted by Gasteiger charge is 2.34. The summed E-state index contributed by atoms with van der Waals surface area (Å²) in [6.07, 6.45) is -2.06. The van der Waals surface area contributed by atoms with Gasteiger partial charge in [-0.25, -0.2) is 9.36 Å². The maximum Gasteiger partial charge on any atom is 0.524 e. The first-order chi connectivity index (χ1) is 26.0. The molecule has 0 heterocycles. The molecule has 0 spiro atoms. The van der Waals surface area contributed by atoms with Crippen LogP contribution in [0.4, 0.5) is 0 Å². The molecule has 0 aliphatic rings. The number of aliphatic carboxylic acids is 2. The number of nitrogens with two attached hydrogens (primary N) is 2. The molecule has 0 bridgehead atoms. The Morgan fingerprint density at radius 3 is 1.73 bits per heavy atom. The van der Waals surface area contributed by atoms with Gasteiger partial charge in [0.15, 0.2) is 0 Å². The van der Waals surface area contributed by atoms with Gasteiger partial charge in [0.2, 0.25) is 35.4 Å². The van der Waals surface area contributed by atoms with E-state index in [-0.39, 0.29) is 24.3 Å². The topological polar surface area (TPSA) is 376 Å². The molecule has 0 saturated heterocycles. The summed E-state index contributed by atoms with van der Waals surface area (Å²) < 4.78 is 15.5. The predicted molar refractivity (Wildman–Crippen MR) is 192 cm³/mol. The number of carboxylic acid groups (broad SMARTS) is 2. The van der Waals surface area contributed by atoms with Gasteiger partial charge in [0.1, 0.15) is 35.7 Å². The molecule has 306 valence electrons. The van der Waals surface area contributed by atoms with Crippen molar-refractivity contribution in [2.45, 2.75) is 69.7 Å². The number of carbonyl (C=O) groups is 8. The van der Waals surface area contributed by atoms with Gasteiger partial charge in [-0.1, -0.05) is 38.1 Å². The number of phenolic OH excluding ortho intramolecular Hbond substituents is 1. The molecule has 14 N–H and O–H groups in total. The lowest BCUT2D eigenvalue weighted by Crippen LogP contribution is -2.60. The number of phosphoric acid groups is 1. The molecule has 23 heteroatoms. The first kappa shape index (κ1) is 46.1. The van der Waals surface area contributed by atoms with Gasteiger partial charge in [-0.3, -0.25) is 43.3 Å². The Morgan fingerprint density at radius 2 is 1.23 bits per heavy atom. The van der Waals surface area contributed by atoms with E-state index in [0.29, 0.717) is 11.1 Å². The van der Waals surface area contributed by atoms with Crippen molar-refractivity contribution in [3.05, 3.63) is 59.7 Å². The second-order valence-corrected chi connectivity index (χ2v) is 13.9. The second kappa shape index (κ2) is 21.1. The molecular formula is C33H44N7O15P. The van der Waals surface area contributed by atoms with Gasteiger partial charge in [0.05, 0.1) is 25.4 Å². The summed E-state index contributed by atoms with van der Waals surface area (Å²) in [6.45, 7) is 2.28. The normalized spacial score (nSPS) is 13.8. The monoisotopic (exact) mass is 809 g/mol. The third-order valence-electron chi connectivity index (χ3n) is 7.67. The van der Waals surface area contributed by atoms with Gasteiger partial charge < -0.3 is 57.9 Å². The van der Waals surface area contributed by atoms with Gasteiger partial charge in [-0.2, -0.15) is 0 Å². The molecule has 0 unspecified atom stereocenters. The Hall–Kier alpha value is -6.09. The molecule has 0 aliphatic carbocycles. The number of amides is 6. The highest BCUT2D eigenvalue weighted by molar-refractivity contribution is 7.46. The van der Waals surface area contributed by atoms with Crippen LogP contribution in [-0.4, -0.2) is 109 Å². The highest BCUT2D eigenvalue weighted by Crippen LogP contribution is 2.37. The van der Waals surface area contributed by atoms with Crippen LogP contribution >= 0.6 is 7.82 Å². The number of phosphoric ester groups is 1. The molecule has 0 radical (unpaired) electrons. The van der Waals surface area contributed by atoms with Crippen molar-refractivity contribution in [2.75, 3.05) is 6.54 Å². The number of primary amides is 1. The maximum absolute atomic E-state index is 13.6. The van der Waals surface area contributed by atoms with Crippen LogP contribution in [0.25, 0.3) is 0 Å². The van der Waals surface area contributed by atoms with Crippen LogP contribution in [0.3, 0.4) is 0 Å². The van der Waals surface area contributed by atoms with E-state index in [4.69, 9.17) is 26.4 Å². The minimum Gasteiger partial charge on any atom is -0.508 e. The molecule has 0 saturated carbocycles. The highest BCUT2D eigenvalue weighted by atomic mass is 31.2. The Balaban J connectivity index is 2.24. The number of nitrogens with one attached hydrogen (secondary N) is 5. The molecule has 5 atom stereocenters. The molecule has 2 rings (SSSR count). The van der Waals surface area contributed by atoms with E-state index in [1.807, 2.05) is 0 Å². The van der Waals surface area contributed by atoms with Crippen molar-refractivity contribution < 1.29 is 72.6 Å². The van der Waals surface area contributed by atoms with E-state index >= 15 is 0 Å². The van der Waals surface area contributed by atoms with Gasteiger partial charge in [0.25, 0.3) is 0 Å². The summed E-state index contributed by atoms with van der Waals surface area (Å²) in [5, 5.41) is 39.8. The first-order valence-corrected chi connectivity index (χ1v) is 18.2. The van der Waals surface area contributed by atoms with E-state index in [1.54, 1.807) is 0 Å². The van der Waals surface area contributed by atoms with Gasteiger partial charge in [-0.15, -0.1) is 0 Å². The Morgan fingerprint density at radius 1 is 0.714 bits per heavy atom. The third kappa shape index (κ3) is 16.5. The quantitative estimate of drug-likeness (QED) is 0.0532. The zero-order valence-electron chi connectivity index (χ0n) is 30.0. The van der Waals surface area contributed by atoms with Crippen molar-refractivity contribution in [1.82, 2.24) is 26.6 Å². The summed E-state index contributed by atoms with van der Waals surface area (Å²) in [6, 6.07) is 2.75. The minimum absolute atomic E-state index is 0.111. The maximum atomic E-state index is 13.6. The molecule has 22 nitrogen and oxygen atoms in total. The molecule has 0 aromatic heterocycles. The summed E-state index contributed by atoms with van der Waals surface area (Å²) >= 11 is 0. The van der Waals surface area contributed by atoms with Crippen LogP contribution in [0.5, 0.6) is 11.5 Å². The number of hydrogen-bond acceptors (Lipinski definition) is 12. The van der Waals surface area contributed by atoms with Crippen molar-refractivity contribution in [1.29, 1.82) is 0 Å². The minimum atomic E-state index is -4.85. The number of rotatable bonds is 22. The molecule has 0 aliphatic heterocycles. The van der Waals surface area contributed by atoms with Crippen molar-refractivity contribution >= 4 is 55.2 Å². The standard InChI is InChI=1S/C33H44N7O15P/c1-16(2)28(32(49)39-24(33(50)51)12-18-5-9-20(10-6-18)55-56(52,53)54)40-31(48)23(14-25(35)42)38-30(47)22(11-17-3-7-19(41)8-4-17)37-26(43)15-36-29(46)21(34)13-27(44)45/h3-10,16,21-24,28,41H,11-15,34H2,1-2H3,(H2,35,42)(H,36,46)(H,37,43)(H,38,47)(H,39,49)(H,40,48)(H,44,45)(H,50,51)(H2,52,53,54)/t21-,22-,23-,24-,28-/m0/s1. The number of hydrogen-bond donors (Lipinski definition) is 12. The van der Waals surface area contributed by atoms with Gasteiger partial charge in [-0.05, 0) is 41.3 Å². The average Bonchev–Trinajstić information content (AvgIpc) is 3.08. The van der Waals surface area contributed by atoms with E-state index in [2.05, 4.69) is 31.1 Å². The van der Waals surface area contributed by atoms with E-state index in [1.165, 1.54) is 62.4 Å². The fourth-order valence-electron chi connectivity index (χ4n) is 4.89. The fourth-order valence-corrected chi connectivity index (χ4v) is 5.29. The zero-order chi connectivity index (χ0) is 42.3. The molecular weight excluding hydrogens is 765 g/mol. The van der Waals surface area contributed by atoms with E-state index < -0.39 is 111 Å². The number of carbonyl (C=O) groups excluding carboxylic acids is 6. The fraction of sp³-hybridized carbons (Fsp3) is 0.394. The number of phenols is 1. The third-order valence-corrected chi connectivity index (χ3v) is 8.12. The average molecular weight is 810 g/mol. The van der Waals surface area contributed by atoms with Crippen LogP contribution in [0.1, 0.15) is 37.8 Å². The van der Waals surface area contributed by atoms with Crippen LogP contribution in [-0.2, 0) is 55.8 Å². The van der Waals surface area contributed by atoms with Crippen LogP contribution in [0.2, 0.25) is 0 Å². The van der Waals surface area contributed by atoms with Crippen LogP contribution < -0.4 is 42.6 Å².